The van der Waals surface area contributed by atoms with Crippen molar-refractivity contribution in [2.45, 2.75) is 13.5 Å². The molecule has 0 aliphatic rings. The summed E-state index contributed by atoms with van der Waals surface area (Å²) in [5.74, 6) is -0.529. The van der Waals surface area contributed by atoms with Gasteiger partial charge in [-0.15, -0.1) is 0 Å². The summed E-state index contributed by atoms with van der Waals surface area (Å²) in [6.45, 7) is 2.39. The molecule has 4 rings (SSSR count). The summed E-state index contributed by atoms with van der Waals surface area (Å²) >= 11 is 0. The first-order chi connectivity index (χ1) is 14.1. The number of nitrogens with zero attached hydrogens (tertiary/aromatic N) is 2. The summed E-state index contributed by atoms with van der Waals surface area (Å²) in [5, 5.41) is 5.72. The Bertz CT molecular complexity index is 1180. The average molecular weight is 384 g/mol. The summed E-state index contributed by atoms with van der Waals surface area (Å²) in [4.78, 5) is 29.9. The molecule has 0 bridgehead atoms. The number of pyridine rings is 1. The lowest BCUT2D eigenvalue weighted by molar-refractivity contribution is 0.0940. The smallest absolute Gasteiger partial charge is 0.287 e. The van der Waals surface area contributed by atoms with Gasteiger partial charge in [0.25, 0.3) is 11.8 Å². The van der Waals surface area contributed by atoms with Crippen LogP contribution in [0.1, 0.15) is 32.2 Å². The third-order valence-electron chi connectivity index (χ3n) is 4.70. The second kappa shape index (κ2) is 7.98. The van der Waals surface area contributed by atoms with Gasteiger partial charge in [-0.2, -0.15) is 0 Å². The van der Waals surface area contributed by atoms with Gasteiger partial charge in [-0.25, -0.2) is 4.98 Å². The summed E-state index contributed by atoms with van der Waals surface area (Å²) in [5.41, 5.74) is 3.57. The number of amides is 2. The first-order valence-electron chi connectivity index (χ1n) is 9.29. The van der Waals surface area contributed by atoms with Crippen LogP contribution < -0.4 is 10.6 Å². The maximum absolute atomic E-state index is 12.8. The summed E-state index contributed by atoms with van der Waals surface area (Å²) < 4.78 is 1.63. The molecule has 2 aromatic carbocycles. The predicted molar refractivity (Wildman–Crippen MR) is 112 cm³/mol. The van der Waals surface area contributed by atoms with Crippen molar-refractivity contribution in [2.75, 3.05) is 5.32 Å². The Morgan fingerprint density at radius 3 is 2.41 bits per heavy atom. The maximum Gasteiger partial charge on any atom is 0.287 e. The number of carbonyl (C=O) groups excluding carboxylic acids is 2. The van der Waals surface area contributed by atoms with Crippen LogP contribution in [0.2, 0.25) is 0 Å². The molecule has 0 radical (unpaired) electrons. The standard InChI is InChI=1S/C23H20N4O2/c1-16-9-5-6-10-17(16)15-24-23(29)21-26-20(19-13-7-8-14-27(19)21)22(28)25-18-11-3-2-4-12-18/h2-14H,15H2,1H3,(H,24,29)(H,25,28). The molecule has 2 aromatic heterocycles. The molecule has 0 aliphatic heterocycles. The predicted octanol–water partition coefficient (Wildman–Crippen LogP) is 3.83. The number of carbonyl (C=O) groups is 2. The van der Waals surface area contributed by atoms with Gasteiger partial charge in [-0.05, 0) is 42.3 Å². The van der Waals surface area contributed by atoms with E-state index in [9.17, 15) is 9.59 Å². The number of hydrogen-bond acceptors (Lipinski definition) is 3. The van der Waals surface area contributed by atoms with Crippen LogP contribution in [-0.2, 0) is 6.54 Å². The van der Waals surface area contributed by atoms with E-state index in [4.69, 9.17) is 0 Å². The molecule has 2 amide bonds. The normalized spacial score (nSPS) is 10.7. The van der Waals surface area contributed by atoms with Crippen molar-refractivity contribution in [3.63, 3.8) is 0 Å². The minimum atomic E-state index is -0.363. The fraction of sp³-hybridized carbons (Fsp3) is 0.0870. The second-order valence-corrected chi connectivity index (χ2v) is 6.67. The van der Waals surface area contributed by atoms with Gasteiger partial charge in [0.15, 0.2) is 5.69 Å². The third kappa shape index (κ3) is 3.87. The maximum atomic E-state index is 12.8. The Labute approximate surface area is 168 Å². The van der Waals surface area contributed by atoms with Crippen LogP contribution in [0.4, 0.5) is 5.69 Å². The number of anilines is 1. The molecule has 0 fully saturated rings. The van der Waals surface area contributed by atoms with E-state index in [1.54, 1.807) is 34.9 Å². The number of rotatable bonds is 5. The lowest BCUT2D eigenvalue weighted by Gasteiger charge is -2.07. The highest BCUT2D eigenvalue weighted by atomic mass is 16.2. The van der Waals surface area contributed by atoms with Crippen molar-refractivity contribution >= 4 is 23.0 Å². The second-order valence-electron chi connectivity index (χ2n) is 6.67. The minimum absolute atomic E-state index is 0.174. The molecule has 29 heavy (non-hydrogen) atoms. The van der Waals surface area contributed by atoms with Crippen molar-refractivity contribution in [2.24, 2.45) is 0 Å². The van der Waals surface area contributed by atoms with Gasteiger partial charge in [-0.1, -0.05) is 48.5 Å². The average Bonchev–Trinajstić information content (AvgIpc) is 3.14. The third-order valence-corrected chi connectivity index (χ3v) is 4.70. The molecule has 0 saturated heterocycles. The lowest BCUT2D eigenvalue weighted by atomic mass is 10.1. The molecule has 2 N–H and O–H groups in total. The number of benzene rings is 2. The van der Waals surface area contributed by atoms with Crippen LogP contribution in [0.15, 0.2) is 79.0 Å². The van der Waals surface area contributed by atoms with Gasteiger partial charge >= 0.3 is 0 Å². The number of para-hydroxylation sites is 1. The molecule has 2 heterocycles. The monoisotopic (exact) mass is 384 g/mol. The Kier molecular flexibility index (Phi) is 5.07. The minimum Gasteiger partial charge on any atom is -0.345 e. The van der Waals surface area contributed by atoms with Crippen molar-refractivity contribution in [3.8, 4) is 0 Å². The first-order valence-corrected chi connectivity index (χ1v) is 9.29. The Morgan fingerprint density at radius 2 is 1.62 bits per heavy atom. The molecule has 0 aliphatic carbocycles. The summed E-state index contributed by atoms with van der Waals surface area (Å²) in [6, 6.07) is 22.4. The van der Waals surface area contributed by atoms with E-state index in [-0.39, 0.29) is 23.3 Å². The molecule has 6 nitrogen and oxygen atoms in total. The highest BCUT2D eigenvalue weighted by molar-refractivity contribution is 6.08. The van der Waals surface area contributed by atoms with Gasteiger partial charge in [0.2, 0.25) is 5.82 Å². The summed E-state index contributed by atoms with van der Waals surface area (Å²) in [7, 11) is 0. The molecular formula is C23H20N4O2. The van der Waals surface area contributed by atoms with E-state index in [1.165, 1.54) is 0 Å². The molecule has 4 aromatic rings. The Hall–Kier alpha value is -3.93. The van der Waals surface area contributed by atoms with E-state index in [2.05, 4.69) is 15.6 Å². The molecule has 0 spiro atoms. The zero-order chi connectivity index (χ0) is 20.2. The molecule has 0 saturated carbocycles. The van der Waals surface area contributed by atoms with Gasteiger partial charge < -0.3 is 10.6 Å². The quantitative estimate of drug-likeness (QED) is 0.549. The Balaban J connectivity index is 1.61. The van der Waals surface area contributed by atoms with Crippen LogP contribution in [0, 0.1) is 6.92 Å². The number of aromatic nitrogens is 2. The fourth-order valence-electron chi connectivity index (χ4n) is 3.14. The van der Waals surface area contributed by atoms with Crippen molar-refractivity contribution < 1.29 is 9.59 Å². The zero-order valence-corrected chi connectivity index (χ0v) is 15.9. The van der Waals surface area contributed by atoms with Crippen LogP contribution in [0.5, 0.6) is 0 Å². The van der Waals surface area contributed by atoms with Crippen molar-refractivity contribution in [1.29, 1.82) is 0 Å². The summed E-state index contributed by atoms with van der Waals surface area (Å²) in [6.07, 6.45) is 1.73. The van der Waals surface area contributed by atoms with E-state index in [0.717, 1.165) is 11.1 Å². The van der Waals surface area contributed by atoms with Gasteiger partial charge in [-0.3, -0.25) is 14.0 Å². The fourth-order valence-corrected chi connectivity index (χ4v) is 3.14. The lowest BCUT2D eigenvalue weighted by Crippen LogP contribution is -2.25. The first kappa shape index (κ1) is 18.4. The number of imidazole rings is 1. The molecule has 6 heteroatoms. The SMILES string of the molecule is Cc1ccccc1CNC(=O)c1nc(C(=O)Nc2ccccc2)c2ccccn12. The topological polar surface area (TPSA) is 75.5 Å². The number of fused-ring (bicyclic) bond motifs is 1. The molecule has 144 valence electrons. The van der Waals surface area contributed by atoms with Crippen molar-refractivity contribution in [1.82, 2.24) is 14.7 Å². The van der Waals surface area contributed by atoms with E-state index < -0.39 is 0 Å². The van der Waals surface area contributed by atoms with E-state index in [0.29, 0.717) is 17.7 Å². The van der Waals surface area contributed by atoms with E-state index in [1.807, 2.05) is 55.5 Å². The number of nitrogens with one attached hydrogen (secondary N) is 2. The van der Waals surface area contributed by atoms with E-state index >= 15 is 0 Å². The van der Waals surface area contributed by atoms with Gasteiger partial charge in [0.1, 0.15) is 0 Å². The van der Waals surface area contributed by atoms with Crippen LogP contribution in [0.3, 0.4) is 0 Å². The molecule has 0 unspecified atom stereocenters. The van der Waals surface area contributed by atoms with Crippen LogP contribution >= 0.6 is 0 Å². The van der Waals surface area contributed by atoms with Crippen LogP contribution in [-0.4, -0.2) is 21.2 Å². The highest BCUT2D eigenvalue weighted by Crippen LogP contribution is 2.16. The molecule has 0 atom stereocenters. The highest BCUT2D eigenvalue weighted by Gasteiger charge is 2.21. The van der Waals surface area contributed by atoms with Gasteiger partial charge in [0.05, 0.1) is 5.52 Å². The van der Waals surface area contributed by atoms with Crippen molar-refractivity contribution in [3.05, 3.63) is 102 Å². The van der Waals surface area contributed by atoms with Crippen LogP contribution in [0.25, 0.3) is 5.52 Å². The number of hydrogen-bond donors (Lipinski definition) is 2. The zero-order valence-electron chi connectivity index (χ0n) is 15.9. The molecular weight excluding hydrogens is 364 g/mol. The van der Waals surface area contributed by atoms with Gasteiger partial charge in [0, 0.05) is 18.4 Å². The Morgan fingerprint density at radius 1 is 0.897 bits per heavy atom. The largest absolute Gasteiger partial charge is 0.345 e. The number of aryl methyl sites for hydroxylation is 1.